The van der Waals surface area contributed by atoms with Crippen molar-refractivity contribution in [3.8, 4) is 0 Å². The molecule has 23 heavy (non-hydrogen) atoms. The molecule has 0 unspecified atom stereocenters. The molecule has 126 valence electrons. The van der Waals surface area contributed by atoms with Gasteiger partial charge >= 0.3 is 12.1 Å². The Hall–Kier alpha value is -1.79. The van der Waals surface area contributed by atoms with E-state index in [2.05, 4.69) is 5.32 Å². The Bertz CT molecular complexity index is 633. The van der Waals surface area contributed by atoms with Gasteiger partial charge in [-0.3, -0.25) is 10.1 Å². The number of benzene rings is 1. The molecule has 0 aromatic heterocycles. The second kappa shape index (κ2) is 6.02. The Labute approximate surface area is 139 Å². The molecule has 1 aromatic rings. The van der Waals surface area contributed by atoms with E-state index in [0.717, 1.165) is 0 Å². The normalized spacial score (nSPS) is 23.8. The molecule has 6 nitrogen and oxygen atoms in total. The lowest BCUT2D eigenvalue weighted by atomic mass is 9.62. The summed E-state index contributed by atoms with van der Waals surface area (Å²) < 4.78 is 5.16. The minimum Gasteiger partial charge on any atom is -0.481 e. The third kappa shape index (κ3) is 3.76. The number of nitrogens with two attached hydrogens (primary N) is 1. The zero-order valence-corrected chi connectivity index (χ0v) is 14.1. The molecule has 1 aliphatic carbocycles. The number of carboxylic acids is 1. The molecule has 0 atom stereocenters. The SMILES string of the molecule is CC(C)(C)OC(=O)Nc1ccc(C2(C(=O)O)CC(N)C2)cc1Cl. The van der Waals surface area contributed by atoms with Gasteiger partial charge in [-0.25, -0.2) is 4.79 Å². The first kappa shape index (κ1) is 17.6. The average Bonchev–Trinajstić information content (AvgIpc) is 2.34. The van der Waals surface area contributed by atoms with Crippen molar-refractivity contribution in [3.05, 3.63) is 28.8 Å². The largest absolute Gasteiger partial charge is 0.481 e. The summed E-state index contributed by atoms with van der Waals surface area (Å²) in [5.74, 6) is -0.914. The Morgan fingerprint density at radius 3 is 2.43 bits per heavy atom. The van der Waals surface area contributed by atoms with Gasteiger partial charge in [-0.15, -0.1) is 0 Å². The van der Waals surface area contributed by atoms with Crippen molar-refractivity contribution in [1.29, 1.82) is 0 Å². The number of carboxylic acid groups (broad SMARTS) is 1. The molecule has 1 aromatic carbocycles. The van der Waals surface area contributed by atoms with Gasteiger partial charge in [0.2, 0.25) is 0 Å². The molecule has 0 bridgehead atoms. The van der Waals surface area contributed by atoms with Crippen LogP contribution < -0.4 is 11.1 Å². The van der Waals surface area contributed by atoms with Crippen LogP contribution in [0.5, 0.6) is 0 Å². The maximum Gasteiger partial charge on any atom is 0.412 e. The molecule has 4 N–H and O–H groups in total. The molecule has 1 amide bonds. The first-order valence-electron chi connectivity index (χ1n) is 7.32. The Balaban J connectivity index is 2.18. The summed E-state index contributed by atoms with van der Waals surface area (Å²) in [4.78, 5) is 23.4. The summed E-state index contributed by atoms with van der Waals surface area (Å²) in [5.41, 5.74) is 5.10. The zero-order chi connectivity index (χ0) is 17.4. The Morgan fingerprint density at radius 2 is 2.00 bits per heavy atom. The molecule has 0 spiro atoms. The van der Waals surface area contributed by atoms with Crippen molar-refractivity contribution in [2.75, 3.05) is 5.32 Å². The Morgan fingerprint density at radius 1 is 1.39 bits per heavy atom. The minimum absolute atomic E-state index is 0.121. The number of amides is 1. The summed E-state index contributed by atoms with van der Waals surface area (Å²) in [6.45, 7) is 5.27. The van der Waals surface area contributed by atoms with Gasteiger partial charge in [0.05, 0.1) is 16.1 Å². The number of ether oxygens (including phenoxy) is 1. The highest BCUT2D eigenvalue weighted by molar-refractivity contribution is 6.33. The van der Waals surface area contributed by atoms with Crippen LogP contribution in [-0.2, 0) is 14.9 Å². The fourth-order valence-corrected chi connectivity index (χ4v) is 2.92. The average molecular weight is 341 g/mol. The quantitative estimate of drug-likeness (QED) is 0.784. The molecule has 0 radical (unpaired) electrons. The zero-order valence-electron chi connectivity index (χ0n) is 13.4. The number of halogens is 1. The number of carbonyl (C=O) groups is 2. The monoisotopic (exact) mass is 340 g/mol. The van der Waals surface area contributed by atoms with Crippen LogP contribution in [-0.4, -0.2) is 28.8 Å². The minimum atomic E-state index is -0.993. The standard InChI is InChI=1S/C16H21ClN2O4/c1-15(2,3)23-14(22)19-12-5-4-9(6-11(12)17)16(13(20)21)7-10(18)8-16/h4-6,10H,7-8,18H2,1-3H3,(H,19,22)(H,20,21). The maximum atomic E-state index is 11.8. The highest BCUT2D eigenvalue weighted by Crippen LogP contribution is 2.44. The third-order valence-electron chi connectivity index (χ3n) is 3.79. The van der Waals surface area contributed by atoms with E-state index in [-0.39, 0.29) is 11.1 Å². The van der Waals surface area contributed by atoms with Crippen LogP contribution in [0, 0.1) is 0 Å². The first-order valence-corrected chi connectivity index (χ1v) is 7.70. The number of hydrogen-bond acceptors (Lipinski definition) is 4. The van der Waals surface area contributed by atoms with E-state index in [1.54, 1.807) is 39.0 Å². The predicted molar refractivity (Wildman–Crippen MR) is 87.8 cm³/mol. The predicted octanol–water partition coefficient (Wildman–Crippen LogP) is 3.13. The molecule has 1 fully saturated rings. The highest BCUT2D eigenvalue weighted by Gasteiger charge is 2.50. The fourth-order valence-electron chi connectivity index (χ4n) is 2.70. The number of hydrogen-bond donors (Lipinski definition) is 3. The van der Waals surface area contributed by atoms with Crippen LogP contribution in [0.4, 0.5) is 10.5 Å². The van der Waals surface area contributed by atoms with Crippen molar-refractivity contribution in [2.45, 2.75) is 50.7 Å². The number of rotatable bonds is 3. The summed E-state index contributed by atoms with van der Waals surface area (Å²) in [7, 11) is 0. The van der Waals surface area contributed by atoms with Gasteiger partial charge in [-0.1, -0.05) is 17.7 Å². The number of carbonyl (C=O) groups excluding carboxylic acids is 1. The van der Waals surface area contributed by atoms with Gasteiger partial charge < -0.3 is 15.6 Å². The molecule has 0 aliphatic heterocycles. The van der Waals surface area contributed by atoms with E-state index >= 15 is 0 Å². The highest BCUT2D eigenvalue weighted by atomic mass is 35.5. The van der Waals surface area contributed by atoms with Crippen LogP contribution in [0.2, 0.25) is 5.02 Å². The summed E-state index contributed by atoms with van der Waals surface area (Å²) in [6, 6.07) is 4.67. The van der Waals surface area contributed by atoms with Gasteiger partial charge in [0.15, 0.2) is 0 Å². The van der Waals surface area contributed by atoms with Crippen molar-refractivity contribution in [1.82, 2.24) is 0 Å². The van der Waals surface area contributed by atoms with E-state index in [1.807, 2.05) is 0 Å². The van der Waals surface area contributed by atoms with Gasteiger partial charge in [0.25, 0.3) is 0 Å². The van der Waals surface area contributed by atoms with Crippen molar-refractivity contribution in [3.63, 3.8) is 0 Å². The van der Waals surface area contributed by atoms with E-state index in [0.29, 0.717) is 24.1 Å². The molecule has 2 rings (SSSR count). The maximum absolute atomic E-state index is 11.8. The third-order valence-corrected chi connectivity index (χ3v) is 4.10. The molecule has 7 heteroatoms. The lowest BCUT2D eigenvalue weighted by Crippen LogP contribution is -2.54. The number of aliphatic carboxylic acids is 1. The molecular formula is C16H21ClN2O4. The van der Waals surface area contributed by atoms with Crippen LogP contribution in [0.1, 0.15) is 39.2 Å². The summed E-state index contributed by atoms with van der Waals surface area (Å²) in [5, 5.41) is 12.3. The lowest BCUT2D eigenvalue weighted by Gasteiger charge is -2.43. The molecule has 0 saturated heterocycles. The van der Waals surface area contributed by atoms with Crippen LogP contribution in [0.3, 0.4) is 0 Å². The molecule has 1 aliphatic rings. The Kier molecular flexibility index (Phi) is 4.59. The van der Waals surface area contributed by atoms with E-state index in [4.69, 9.17) is 22.1 Å². The van der Waals surface area contributed by atoms with Gasteiger partial charge in [-0.2, -0.15) is 0 Å². The smallest absolute Gasteiger partial charge is 0.412 e. The van der Waals surface area contributed by atoms with Crippen LogP contribution >= 0.6 is 11.6 Å². The lowest BCUT2D eigenvalue weighted by molar-refractivity contribution is -0.148. The van der Waals surface area contributed by atoms with E-state index < -0.39 is 23.1 Å². The molecule has 0 heterocycles. The molecule has 1 saturated carbocycles. The second-order valence-corrected chi connectivity index (χ2v) is 7.28. The second-order valence-electron chi connectivity index (χ2n) is 6.88. The number of nitrogens with one attached hydrogen (secondary N) is 1. The van der Waals surface area contributed by atoms with Gasteiger partial charge in [0.1, 0.15) is 5.60 Å². The van der Waals surface area contributed by atoms with Gasteiger partial charge in [-0.05, 0) is 51.3 Å². The molecular weight excluding hydrogens is 320 g/mol. The fraction of sp³-hybridized carbons (Fsp3) is 0.500. The number of anilines is 1. The van der Waals surface area contributed by atoms with Gasteiger partial charge in [0, 0.05) is 6.04 Å². The first-order chi connectivity index (χ1) is 10.5. The summed E-state index contributed by atoms with van der Waals surface area (Å²) >= 11 is 6.18. The van der Waals surface area contributed by atoms with Crippen molar-refractivity contribution < 1.29 is 19.4 Å². The van der Waals surface area contributed by atoms with Crippen molar-refractivity contribution >= 4 is 29.4 Å². The summed E-state index contributed by atoms with van der Waals surface area (Å²) in [6.07, 6.45) is 0.125. The topological polar surface area (TPSA) is 102 Å². The van der Waals surface area contributed by atoms with Crippen molar-refractivity contribution in [2.24, 2.45) is 5.73 Å². The van der Waals surface area contributed by atoms with E-state index in [9.17, 15) is 14.7 Å². The van der Waals surface area contributed by atoms with Crippen LogP contribution in [0.15, 0.2) is 18.2 Å². The van der Waals surface area contributed by atoms with Crippen LogP contribution in [0.25, 0.3) is 0 Å². The van der Waals surface area contributed by atoms with E-state index in [1.165, 1.54) is 0 Å².